The van der Waals surface area contributed by atoms with Gasteiger partial charge in [-0.15, -0.1) is 0 Å². The molecule has 0 saturated carbocycles. The zero-order valence-corrected chi connectivity index (χ0v) is 21.8. The van der Waals surface area contributed by atoms with Gasteiger partial charge in [0.1, 0.15) is 0 Å². The first-order chi connectivity index (χ1) is 17.7. The van der Waals surface area contributed by atoms with Crippen LogP contribution in [0.15, 0.2) is 42.5 Å². The van der Waals surface area contributed by atoms with E-state index in [4.69, 9.17) is 11.6 Å². The molecule has 0 unspecified atom stereocenters. The Hall–Kier alpha value is -3.84. The number of fused-ring (bicyclic) bond motifs is 1. The number of nitrogens with zero attached hydrogens (tertiary/aromatic N) is 1. The van der Waals surface area contributed by atoms with Crippen molar-refractivity contribution < 1.29 is 14.4 Å². The Balaban J connectivity index is 1.42. The largest absolute Gasteiger partial charge is 0.358 e. The van der Waals surface area contributed by atoms with Gasteiger partial charge in [0.2, 0.25) is 0 Å². The van der Waals surface area contributed by atoms with Gasteiger partial charge in [-0.05, 0) is 81.1 Å². The van der Waals surface area contributed by atoms with Crippen LogP contribution in [0.1, 0.15) is 74.6 Å². The van der Waals surface area contributed by atoms with Gasteiger partial charge in [-0.25, -0.2) is 0 Å². The van der Waals surface area contributed by atoms with Crippen LogP contribution in [-0.2, 0) is 4.79 Å². The number of amides is 3. The molecule has 0 radical (unpaired) electrons. The smallest absolute Gasteiger partial charge is 0.256 e. The molecule has 0 bridgehead atoms. The molecule has 0 aliphatic carbocycles. The fourth-order valence-electron chi connectivity index (χ4n) is 5.05. The Morgan fingerprint density at radius 2 is 1.78 bits per heavy atom. The third-order valence-electron chi connectivity index (χ3n) is 7.15. The van der Waals surface area contributed by atoms with Crippen LogP contribution in [-0.4, -0.2) is 40.7 Å². The van der Waals surface area contributed by atoms with Crippen LogP contribution in [0.25, 0.3) is 11.6 Å². The van der Waals surface area contributed by atoms with E-state index in [2.05, 4.69) is 15.6 Å². The van der Waals surface area contributed by atoms with E-state index >= 15 is 0 Å². The number of nitrogens with one attached hydrogen (secondary N) is 3. The molecule has 2 aromatic carbocycles. The summed E-state index contributed by atoms with van der Waals surface area (Å²) in [6.45, 7) is 7.23. The molecule has 1 saturated heterocycles. The molecule has 37 heavy (non-hydrogen) atoms. The standard InChI is InChI=1S/C29H29ClN4O3/c1-16-25(31-18(3)26(16)29(37)34-12-4-5-13-34)15-23-22-14-20(8-11-24(22)33-28(23)36)27(35)32-17(2)19-6-9-21(30)10-7-19/h6-11,14-15,17,31H,4-5,12-13H2,1-3H3,(H,32,35)(H,33,36)/t17-/m1/s1. The lowest BCUT2D eigenvalue weighted by Crippen LogP contribution is -2.28. The number of anilines is 1. The highest BCUT2D eigenvalue weighted by atomic mass is 35.5. The highest BCUT2D eigenvalue weighted by Crippen LogP contribution is 2.35. The average molecular weight is 517 g/mol. The minimum absolute atomic E-state index is 0.0263. The molecular formula is C29H29ClN4O3. The number of H-pyrrole nitrogens is 1. The number of benzene rings is 2. The summed E-state index contributed by atoms with van der Waals surface area (Å²) < 4.78 is 0. The number of carbonyl (C=O) groups excluding carboxylic acids is 3. The van der Waals surface area contributed by atoms with E-state index in [-0.39, 0.29) is 23.8 Å². The van der Waals surface area contributed by atoms with Gasteiger partial charge < -0.3 is 20.5 Å². The molecule has 1 fully saturated rings. The van der Waals surface area contributed by atoms with Gasteiger partial charge in [-0.2, -0.15) is 0 Å². The number of aromatic nitrogens is 1. The maximum atomic E-state index is 13.1. The van der Waals surface area contributed by atoms with Gasteiger partial charge in [-0.1, -0.05) is 23.7 Å². The fourth-order valence-corrected chi connectivity index (χ4v) is 5.18. The lowest BCUT2D eigenvalue weighted by Gasteiger charge is -2.15. The topological polar surface area (TPSA) is 94.3 Å². The molecule has 3 heterocycles. The van der Waals surface area contributed by atoms with Crippen molar-refractivity contribution in [3.8, 4) is 0 Å². The molecule has 0 spiro atoms. The number of hydrogen-bond donors (Lipinski definition) is 3. The van der Waals surface area contributed by atoms with Crippen molar-refractivity contribution in [2.24, 2.45) is 0 Å². The van der Waals surface area contributed by atoms with Crippen molar-refractivity contribution in [2.45, 2.75) is 39.7 Å². The normalized spacial score (nSPS) is 16.6. The van der Waals surface area contributed by atoms with Crippen LogP contribution in [0.3, 0.4) is 0 Å². The lowest BCUT2D eigenvalue weighted by atomic mass is 10.0. The second kappa shape index (κ2) is 9.90. The summed E-state index contributed by atoms with van der Waals surface area (Å²) in [6.07, 6.45) is 3.81. The fraction of sp³-hybridized carbons (Fsp3) is 0.276. The molecule has 1 atom stereocenters. The van der Waals surface area contributed by atoms with Gasteiger partial charge in [-0.3, -0.25) is 14.4 Å². The van der Waals surface area contributed by atoms with Crippen LogP contribution < -0.4 is 10.6 Å². The van der Waals surface area contributed by atoms with Crippen LogP contribution in [0.5, 0.6) is 0 Å². The molecule has 7 nitrogen and oxygen atoms in total. The van der Waals surface area contributed by atoms with Crippen LogP contribution >= 0.6 is 11.6 Å². The number of rotatable bonds is 5. The van der Waals surface area contributed by atoms with Crippen LogP contribution in [0.2, 0.25) is 5.02 Å². The van der Waals surface area contributed by atoms with Gasteiger partial charge in [0, 0.05) is 46.3 Å². The summed E-state index contributed by atoms with van der Waals surface area (Å²) in [5, 5.41) is 6.51. The van der Waals surface area contributed by atoms with E-state index in [9.17, 15) is 14.4 Å². The first-order valence-corrected chi connectivity index (χ1v) is 12.8. The molecule has 1 aromatic heterocycles. The molecule has 2 aliphatic heterocycles. The third-order valence-corrected chi connectivity index (χ3v) is 7.41. The number of likely N-dealkylation sites (tertiary alicyclic amines) is 1. The number of hydrogen-bond acceptors (Lipinski definition) is 3. The summed E-state index contributed by atoms with van der Waals surface area (Å²) in [7, 11) is 0. The Morgan fingerprint density at radius 1 is 1.08 bits per heavy atom. The lowest BCUT2D eigenvalue weighted by molar-refractivity contribution is -0.110. The van der Waals surface area contributed by atoms with Gasteiger partial charge in [0.25, 0.3) is 17.7 Å². The van der Waals surface area contributed by atoms with E-state index in [1.54, 1.807) is 36.4 Å². The number of halogens is 1. The van der Waals surface area contributed by atoms with Gasteiger partial charge >= 0.3 is 0 Å². The Labute approximate surface area is 220 Å². The first-order valence-electron chi connectivity index (χ1n) is 12.4. The summed E-state index contributed by atoms with van der Waals surface area (Å²) in [5.41, 5.74) is 6.10. The van der Waals surface area contributed by atoms with E-state index in [0.29, 0.717) is 38.7 Å². The summed E-state index contributed by atoms with van der Waals surface area (Å²) in [6, 6.07) is 12.3. The van der Waals surface area contributed by atoms with Crippen molar-refractivity contribution in [3.63, 3.8) is 0 Å². The van der Waals surface area contributed by atoms with Crippen molar-refractivity contribution in [2.75, 3.05) is 18.4 Å². The van der Waals surface area contributed by atoms with Crippen molar-refractivity contribution in [3.05, 3.63) is 86.7 Å². The SMILES string of the molecule is Cc1[nH]c(C=C2C(=O)Nc3ccc(C(=O)N[C@H](C)c4ccc(Cl)cc4)cc32)c(C)c1C(=O)N1CCCC1. The number of carbonyl (C=O) groups is 3. The van der Waals surface area contributed by atoms with Crippen molar-refractivity contribution >= 4 is 46.7 Å². The van der Waals surface area contributed by atoms with Crippen molar-refractivity contribution in [1.82, 2.24) is 15.2 Å². The van der Waals surface area contributed by atoms with E-state index in [0.717, 1.165) is 42.8 Å². The van der Waals surface area contributed by atoms with Gasteiger partial charge in [0.15, 0.2) is 0 Å². The van der Waals surface area contributed by atoms with Crippen LogP contribution in [0, 0.1) is 13.8 Å². The molecule has 3 aromatic rings. The molecule has 190 valence electrons. The molecule has 2 aliphatic rings. The molecular weight excluding hydrogens is 488 g/mol. The highest BCUT2D eigenvalue weighted by Gasteiger charge is 2.28. The number of aryl methyl sites for hydroxylation is 1. The first kappa shape index (κ1) is 24.8. The maximum Gasteiger partial charge on any atom is 0.256 e. The highest BCUT2D eigenvalue weighted by molar-refractivity contribution is 6.35. The minimum Gasteiger partial charge on any atom is -0.358 e. The predicted molar refractivity (Wildman–Crippen MR) is 146 cm³/mol. The second-order valence-electron chi connectivity index (χ2n) is 9.68. The minimum atomic E-state index is -0.249. The quantitative estimate of drug-likeness (QED) is 0.390. The zero-order chi connectivity index (χ0) is 26.3. The summed E-state index contributed by atoms with van der Waals surface area (Å²) in [4.78, 5) is 44.2. The number of aromatic amines is 1. The third kappa shape index (κ3) is 4.79. The molecule has 3 amide bonds. The molecule has 3 N–H and O–H groups in total. The van der Waals surface area contributed by atoms with E-state index in [1.807, 2.05) is 37.8 Å². The zero-order valence-electron chi connectivity index (χ0n) is 21.1. The summed E-state index contributed by atoms with van der Waals surface area (Å²) >= 11 is 5.97. The predicted octanol–water partition coefficient (Wildman–Crippen LogP) is 5.50. The average Bonchev–Trinajstić information content (AvgIpc) is 3.58. The van der Waals surface area contributed by atoms with Crippen molar-refractivity contribution in [1.29, 1.82) is 0 Å². The van der Waals surface area contributed by atoms with E-state index in [1.165, 1.54) is 0 Å². The maximum absolute atomic E-state index is 13.1. The van der Waals surface area contributed by atoms with Crippen LogP contribution in [0.4, 0.5) is 5.69 Å². The Morgan fingerprint density at radius 3 is 2.49 bits per heavy atom. The van der Waals surface area contributed by atoms with E-state index < -0.39 is 0 Å². The molecule has 8 heteroatoms. The Kier molecular flexibility index (Phi) is 6.65. The second-order valence-corrected chi connectivity index (χ2v) is 10.1. The van der Waals surface area contributed by atoms with Gasteiger partial charge in [0.05, 0.1) is 17.2 Å². The molecule has 5 rings (SSSR count). The summed E-state index contributed by atoms with van der Waals surface area (Å²) in [5.74, 6) is -0.464. The monoisotopic (exact) mass is 516 g/mol. The Bertz CT molecular complexity index is 1430.